The molecule has 0 bridgehead atoms. The van der Waals surface area contributed by atoms with Gasteiger partial charge in [0.25, 0.3) is 0 Å². The Hall–Kier alpha value is -1.93. The number of nitrogens with one attached hydrogen (secondary N) is 1. The number of nitrogens with zero attached hydrogens (tertiary/aromatic N) is 2. The molecule has 1 aromatic heterocycles. The number of pyridine rings is 1. The van der Waals surface area contributed by atoms with Crippen molar-refractivity contribution in [1.29, 1.82) is 5.26 Å². The minimum atomic E-state index is 0.0668. The van der Waals surface area contributed by atoms with E-state index < -0.39 is 0 Å². The third-order valence-corrected chi connectivity index (χ3v) is 1.88. The molecule has 0 aliphatic carbocycles. The van der Waals surface area contributed by atoms with Crippen LogP contribution in [0.4, 0.5) is 5.82 Å². The van der Waals surface area contributed by atoms with Crippen LogP contribution >= 0.6 is 12.2 Å². The number of aryl methyl sites for hydroxylation is 1. The van der Waals surface area contributed by atoms with Crippen LogP contribution < -0.4 is 11.1 Å². The molecule has 0 aromatic carbocycles. The van der Waals surface area contributed by atoms with E-state index >= 15 is 0 Å². The third-order valence-electron chi connectivity index (χ3n) is 1.66. The van der Waals surface area contributed by atoms with Crippen molar-refractivity contribution < 1.29 is 0 Å². The van der Waals surface area contributed by atoms with Gasteiger partial charge >= 0.3 is 0 Å². The number of thiocarbonyl (C=S) groups is 1. The van der Waals surface area contributed by atoms with Gasteiger partial charge in [-0.3, -0.25) is 0 Å². The zero-order valence-corrected chi connectivity index (χ0v) is 9.01. The van der Waals surface area contributed by atoms with E-state index in [1.165, 1.54) is 6.20 Å². The van der Waals surface area contributed by atoms with E-state index in [2.05, 4.69) is 22.5 Å². The van der Waals surface area contributed by atoms with E-state index in [0.717, 1.165) is 5.56 Å². The molecular weight excluding hydrogens is 208 g/mol. The normalized spacial score (nSPS) is 10.5. The van der Waals surface area contributed by atoms with Gasteiger partial charge in [-0.1, -0.05) is 18.3 Å². The predicted molar refractivity (Wildman–Crippen MR) is 63.1 cm³/mol. The molecule has 1 aromatic rings. The van der Waals surface area contributed by atoms with Crippen LogP contribution in [0.25, 0.3) is 0 Å². The summed E-state index contributed by atoms with van der Waals surface area (Å²) in [6.45, 7) is 1.95. The van der Waals surface area contributed by atoms with Crippen LogP contribution in [0.3, 0.4) is 0 Å². The van der Waals surface area contributed by atoms with E-state index in [1.807, 2.05) is 19.1 Å². The molecule has 0 atom stereocenters. The van der Waals surface area contributed by atoms with Crippen LogP contribution in [0.5, 0.6) is 0 Å². The highest BCUT2D eigenvalue weighted by Gasteiger charge is 1.98. The molecule has 1 rings (SSSR count). The summed E-state index contributed by atoms with van der Waals surface area (Å²) >= 11 is 4.68. The Labute approximate surface area is 93.4 Å². The fraction of sp³-hybridized carbons (Fsp3) is 0.100. The van der Waals surface area contributed by atoms with Gasteiger partial charge < -0.3 is 11.1 Å². The van der Waals surface area contributed by atoms with Gasteiger partial charge in [-0.05, 0) is 18.6 Å². The van der Waals surface area contributed by atoms with Gasteiger partial charge in [0.05, 0.1) is 0 Å². The van der Waals surface area contributed by atoms with E-state index in [4.69, 9.17) is 11.0 Å². The smallest absolute Gasteiger partial charge is 0.129 e. The van der Waals surface area contributed by atoms with E-state index in [9.17, 15) is 0 Å². The standard InChI is InChI=1S/C10H10N4S/c1-7-2-3-9(13-5-7)14-6-8(4-11)10(12)15/h2-3,5-6H,1H3,(H2,12,15)(H,13,14)/b8-6-. The highest BCUT2D eigenvalue weighted by molar-refractivity contribution is 7.80. The van der Waals surface area contributed by atoms with E-state index in [0.29, 0.717) is 5.82 Å². The fourth-order valence-electron chi connectivity index (χ4n) is 0.858. The average molecular weight is 218 g/mol. The summed E-state index contributed by atoms with van der Waals surface area (Å²) in [6, 6.07) is 5.61. The summed E-state index contributed by atoms with van der Waals surface area (Å²) in [4.78, 5) is 4.16. The summed E-state index contributed by atoms with van der Waals surface area (Å²) in [6.07, 6.45) is 3.17. The molecule has 0 aliphatic rings. The molecule has 0 spiro atoms. The maximum Gasteiger partial charge on any atom is 0.129 e. The summed E-state index contributed by atoms with van der Waals surface area (Å²) < 4.78 is 0. The van der Waals surface area contributed by atoms with Gasteiger partial charge in [0.1, 0.15) is 22.4 Å². The number of rotatable bonds is 3. The number of nitriles is 1. The second kappa shape index (κ2) is 5.08. The maximum absolute atomic E-state index is 8.67. The molecule has 3 N–H and O–H groups in total. The van der Waals surface area contributed by atoms with Gasteiger partial charge in [0, 0.05) is 12.4 Å². The Bertz CT molecular complexity index is 428. The van der Waals surface area contributed by atoms with Crippen LogP contribution in [0.15, 0.2) is 30.1 Å². The lowest BCUT2D eigenvalue weighted by atomic mass is 10.3. The molecule has 0 radical (unpaired) electrons. The summed E-state index contributed by atoms with van der Waals surface area (Å²) in [5.74, 6) is 0.643. The second-order valence-electron chi connectivity index (χ2n) is 2.90. The minimum Gasteiger partial charge on any atom is -0.389 e. The van der Waals surface area contributed by atoms with Gasteiger partial charge in [0.15, 0.2) is 0 Å². The van der Waals surface area contributed by atoms with Crippen molar-refractivity contribution in [2.24, 2.45) is 5.73 Å². The highest BCUT2D eigenvalue weighted by atomic mass is 32.1. The Balaban J connectivity index is 2.76. The number of nitrogens with two attached hydrogens (primary N) is 1. The Morgan fingerprint density at radius 2 is 2.40 bits per heavy atom. The van der Waals surface area contributed by atoms with Crippen molar-refractivity contribution in [1.82, 2.24) is 4.98 Å². The topological polar surface area (TPSA) is 74.7 Å². The Kier molecular flexibility index (Phi) is 3.77. The van der Waals surface area contributed by atoms with E-state index in [1.54, 1.807) is 12.3 Å². The first-order valence-electron chi connectivity index (χ1n) is 4.22. The lowest BCUT2D eigenvalue weighted by Gasteiger charge is -2.00. The fourth-order valence-corrected chi connectivity index (χ4v) is 0.962. The highest BCUT2D eigenvalue weighted by Crippen LogP contribution is 2.04. The zero-order chi connectivity index (χ0) is 11.3. The first-order valence-corrected chi connectivity index (χ1v) is 4.63. The van der Waals surface area contributed by atoms with Gasteiger partial charge in [0.2, 0.25) is 0 Å². The molecule has 0 unspecified atom stereocenters. The van der Waals surface area contributed by atoms with Crippen LogP contribution in [0, 0.1) is 18.3 Å². The number of anilines is 1. The Morgan fingerprint density at radius 3 is 2.87 bits per heavy atom. The van der Waals surface area contributed by atoms with Crippen molar-refractivity contribution in [2.45, 2.75) is 6.92 Å². The quantitative estimate of drug-likeness (QED) is 0.457. The molecule has 0 fully saturated rings. The minimum absolute atomic E-state index is 0.0668. The first-order chi connectivity index (χ1) is 7.13. The number of hydrogen-bond acceptors (Lipinski definition) is 4. The molecule has 1 heterocycles. The predicted octanol–water partition coefficient (Wildman–Crippen LogP) is 1.50. The van der Waals surface area contributed by atoms with Crippen molar-refractivity contribution >= 4 is 23.0 Å². The second-order valence-corrected chi connectivity index (χ2v) is 3.34. The largest absolute Gasteiger partial charge is 0.389 e. The third kappa shape index (κ3) is 3.37. The summed E-state index contributed by atoms with van der Waals surface area (Å²) in [5, 5.41) is 11.5. The van der Waals surface area contributed by atoms with Crippen LogP contribution in [0.1, 0.15) is 5.56 Å². The molecule has 4 nitrogen and oxygen atoms in total. The average Bonchev–Trinajstić information content (AvgIpc) is 2.21. The van der Waals surface area contributed by atoms with Crippen molar-refractivity contribution in [3.8, 4) is 6.07 Å². The molecule has 0 aliphatic heterocycles. The van der Waals surface area contributed by atoms with Gasteiger partial charge in [-0.15, -0.1) is 0 Å². The van der Waals surface area contributed by atoms with Crippen molar-refractivity contribution in [3.05, 3.63) is 35.7 Å². The molecular formula is C10H10N4S. The maximum atomic E-state index is 8.67. The zero-order valence-electron chi connectivity index (χ0n) is 8.19. The summed E-state index contributed by atoms with van der Waals surface area (Å²) in [7, 11) is 0. The van der Waals surface area contributed by atoms with Crippen LogP contribution in [-0.4, -0.2) is 9.97 Å². The Morgan fingerprint density at radius 1 is 1.67 bits per heavy atom. The van der Waals surface area contributed by atoms with Crippen LogP contribution in [0.2, 0.25) is 0 Å². The van der Waals surface area contributed by atoms with Gasteiger partial charge in [-0.2, -0.15) is 5.26 Å². The lowest BCUT2D eigenvalue weighted by Crippen LogP contribution is -2.11. The SMILES string of the molecule is Cc1ccc(N/C=C(/C#N)C(N)=S)nc1. The van der Waals surface area contributed by atoms with Crippen molar-refractivity contribution in [2.75, 3.05) is 5.32 Å². The molecule has 0 amide bonds. The number of aromatic nitrogens is 1. The summed E-state index contributed by atoms with van der Waals surface area (Å²) in [5.41, 5.74) is 6.61. The number of hydrogen-bond donors (Lipinski definition) is 2. The van der Waals surface area contributed by atoms with E-state index in [-0.39, 0.29) is 10.6 Å². The molecule has 76 valence electrons. The molecule has 0 saturated carbocycles. The lowest BCUT2D eigenvalue weighted by molar-refractivity contribution is 1.26. The van der Waals surface area contributed by atoms with Crippen molar-refractivity contribution in [3.63, 3.8) is 0 Å². The van der Waals surface area contributed by atoms with Crippen LogP contribution in [-0.2, 0) is 0 Å². The first kappa shape index (κ1) is 11.1. The molecule has 15 heavy (non-hydrogen) atoms. The molecule has 5 heteroatoms. The monoisotopic (exact) mass is 218 g/mol. The van der Waals surface area contributed by atoms with Gasteiger partial charge in [-0.25, -0.2) is 4.98 Å². The molecule has 0 saturated heterocycles.